The second-order valence-corrected chi connectivity index (χ2v) is 10.6. The molecule has 14 heteroatoms. The normalized spacial score (nSPS) is 19.1. The Labute approximate surface area is 245 Å². The standard InChI is InChI=1S/C29H32F5N7O2/c1-18-26(20-13-35-40(14-20)17-29(32,33)34)38-41(21-6-4-3-5-7-21)27(18)37-28(42)36-25-16-39(10-11-43-2)15-22(25)19-8-9-23(30)24(31)12-19/h4,6-9,12-14,22,25H,3,5,10-11,15-17H2,1-2H3,(H2,36,37,42)/t22-,25+/m0/s1. The number of alkyl halides is 3. The van der Waals surface area contributed by atoms with E-state index < -0.39 is 36.4 Å². The molecule has 0 radical (unpaired) electrons. The number of anilines is 1. The molecular weight excluding hydrogens is 573 g/mol. The maximum atomic E-state index is 14.1. The van der Waals surface area contributed by atoms with Crippen LogP contribution in [0.25, 0.3) is 17.0 Å². The second-order valence-electron chi connectivity index (χ2n) is 10.6. The van der Waals surface area contributed by atoms with E-state index in [2.05, 4.69) is 25.7 Å². The number of allylic oxidation sites excluding steroid dienone is 4. The fraction of sp³-hybridized carbons (Fsp3) is 0.414. The van der Waals surface area contributed by atoms with Gasteiger partial charge < -0.3 is 10.1 Å². The van der Waals surface area contributed by atoms with E-state index in [1.54, 1.807) is 18.7 Å². The van der Waals surface area contributed by atoms with Crippen molar-refractivity contribution < 1.29 is 31.5 Å². The smallest absolute Gasteiger partial charge is 0.383 e. The number of nitrogens with one attached hydrogen (secondary N) is 2. The van der Waals surface area contributed by atoms with E-state index in [0.29, 0.717) is 60.1 Å². The molecule has 1 aliphatic heterocycles. The van der Waals surface area contributed by atoms with Gasteiger partial charge in [-0.25, -0.2) is 18.3 Å². The third-order valence-electron chi connectivity index (χ3n) is 7.52. The van der Waals surface area contributed by atoms with Crippen molar-refractivity contribution in [2.24, 2.45) is 0 Å². The third kappa shape index (κ3) is 7.13. The third-order valence-corrected chi connectivity index (χ3v) is 7.52. The molecule has 1 saturated heterocycles. The van der Waals surface area contributed by atoms with Gasteiger partial charge in [-0.2, -0.15) is 23.4 Å². The van der Waals surface area contributed by atoms with Crippen LogP contribution in [0.1, 0.15) is 29.9 Å². The quantitative estimate of drug-likeness (QED) is 0.323. The van der Waals surface area contributed by atoms with Crippen LogP contribution in [-0.2, 0) is 11.3 Å². The second kappa shape index (κ2) is 12.7. The summed E-state index contributed by atoms with van der Waals surface area (Å²) in [4.78, 5) is 15.5. The molecule has 2 aliphatic rings. The number of hydrogen-bond donors (Lipinski definition) is 2. The average Bonchev–Trinajstić information content (AvgIpc) is 3.66. The van der Waals surface area contributed by atoms with Crippen LogP contribution >= 0.6 is 0 Å². The Bertz CT molecular complexity index is 1530. The monoisotopic (exact) mass is 605 g/mol. The summed E-state index contributed by atoms with van der Waals surface area (Å²) in [6, 6.07) is 2.76. The highest BCUT2D eigenvalue weighted by atomic mass is 19.4. The first kappa shape index (κ1) is 30.4. The van der Waals surface area contributed by atoms with E-state index in [0.717, 1.165) is 29.7 Å². The predicted molar refractivity (Wildman–Crippen MR) is 150 cm³/mol. The molecule has 9 nitrogen and oxygen atoms in total. The van der Waals surface area contributed by atoms with Crippen molar-refractivity contribution in [2.75, 3.05) is 38.7 Å². The first-order valence-electron chi connectivity index (χ1n) is 13.8. The summed E-state index contributed by atoms with van der Waals surface area (Å²) in [6.45, 7) is 2.49. The van der Waals surface area contributed by atoms with Gasteiger partial charge >= 0.3 is 12.2 Å². The lowest BCUT2D eigenvalue weighted by Crippen LogP contribution is -2.42. The van der Waals surface area contributed by atoms with Gasteiger partial charge in [0.2, 0.25) is 0 Å². The SMILES string of the molecule is COCCN1C[C@@H](NC(=O)Nc2c(C)c(-c3cnn(CC(F)(F)F)c3)nn2C2=CCCC=C2)[C@H](c2ccc(F)c(F)c2)C1. The van der Waals surface area contributed by atoms with Gasteiger partial charge in [0.25, 0.3) is 0 Å². The molecule has 43 heavy (non-hydrogen) atoms. The summed E-state index contributed by atoms with van der Waals surface area (Å²) < 4.78 is 74.0. The first-order chi connectivity index (χ1) is 20.5. The number of carbonyl (C=O) groups excluding carboxylic acids is 1. The van der Waals surface area contributed by atoms with Crippen LogP contribution in [0, 0.1) is 18.6 Å². The molecule has 1 fully saturated rings. The number of likely N-dealkylation sites (tertiary alicyclic amines) is 1. The molecule has 1 aliphatic carbocycles. The molecule has 0 saturated carbocycles. The van der Waals surface area contributed by atoms with Crippen LogP contribution < -0.4 is 10.6 Å². The maximum Gasteiger partial charge on any atom is 0.408 e. The van der Waals surface area contributed by atoms with Crippen molar-refractivity contribution >= 4 is 17.5 Å². The van der Waals surface area contributed by atoms with Crippen molar-refractivity contribution in [3.8, 4) is 11.3 Å². The van der Waals surface area contributed by atoms with Crippen molar-refractivity contribution in [3.05, 3.63) is 71.6 Å². The lowest BCUT2D eigenvalue weighted by atomic mass is 9.94. The lowest BCUT2D eigenvalue weighted by Gasteiger charge is -2.21. The first-order valence-corrected chi connectivity index (χ1v) is 13.8. The number of amides is 2. The van der Waals surface area contributed by atoms with E-state index in [-0.39, 0.29) is 5.92 Å². The Morgan fingerprint density at radius 2 is 1.98 bits per heavy atom. The number of carbonyl (C=O) groups is 1. The molecule has 2 atom stereocenters. The van der Waals surface area contributed by atoms with Crippen LogP contribution in [-0.4, -0.2) is 76.1 Å². The minimum Gasteiger partial charge on any atom is -0.383 e. The molecule has 3 aromatic rings. The van der Waals surface area contributed by atoms with Crippen LogP contribution in [0.5, 0.6) is 0 Å². The van der Waals surface area contributed by atoms with Gasteiger partial charge in [0, 0.05) is 50.0 Å². The van der Waals surface area contributed by atoms with E-state index in [9.17, 15) is 26.7 Å². The zero-order valence-electron chi connectivity index (χ0n) is 23.7. The van der Waals surface area contributed by atoms with Crippen molar-refractivity contribution in [3.63, 3.8) is 0 Å². The number of hydrogen-bond acceptors (Lipinski definition) is 5. The van der Waals surface area contributed by atoms with Gasteiger partial charge in [-0.15, -0.1) is 0 Å². The predicted octanol–water partition coefficient (Wildman–Crippen LogP) is 5.32. The number of benzene rings is 1. The van der Waals surface area contributed by atoms with Crippen LogP contribution in [0.15, 0.2) is 48.8 Å². The number of rotatable bonds is 9. The number of urea groups is 1. The number of halogens is 5. The van der Waals surface area contributed by atoms with Crippen molar-refractivity contribution in [1.82, 2.24) is 29.8 Å². The summed E-state index contributed by atoms with van der Waals surface area (Å²) in [7, 11) is 1.59. The Kier molecular flexibility index (Phi) is 8.97. The highest BCUT2D eigenvalue weighted by Gasteiger charge is 2.35. The Morgan fingerprint density at radius 3 is 2.67 bits per heavy atom. The van der Waals surface area contributed by atoms with E-state index in [1.807, 2.05) is 18.2 Å². The van der Waals surface area contributed by atoms with Gasteiger partial charge in [0.1, 0.15) is 18.1 Å². The summed E-state index contributed by atoms with van der Waals surface area (Å²) in [5.41, 5.74) is 2.53. The van der Waals surface area contributed by atoms with Gasteiger partial charge in [0.15, 0.2) is 11.6 Å². The molecule has 2 aromatic heterocycles. The summed E-state index contributed by atoms with van der Waals surface area (Å²) >= 11 is 0. The fourth-order valence-electron chi connectivity index (χ4n) is 5.44. The molecule has 0 spiro atoms. The molecular formula is C29H32F5N7O2. The largest absolute Gasteiger partial charge is 0.408 e. The maximum absolute atomic E-state index is 14.1. The zero-order chi connectivity index (χ0) is 30.7. The highest BCUT2D eigenvalue weighted by Crippen LogP contribution is 2.33. The minimum atomic E-state index is -4.43. The Balaban J connectivity index is 1.41. The van der Waals surface area contributed by atoms with E-state index in [4.69, 9.17) is 4.74 Å². The number of aromatic nitrogens is 4. The number of nitrogens with zero attached hydrogens (tertiary/aromatic N) is 5. The molecule has 0 unspecified atom stereocenters. The van der Waals surface area contributed by atoms with Gasteiger partial charge in [0.05, 0.1) is 24.5 Å². The summed E-state index contributed by atoms with van der Waals surface area (Å²) in [5.74, 6) is -1.89. The van der Waals surface area contributed by atoms with Crippen molar-refractivity contribution in [2.45, 2.75) is 44.4 Å². The lowest BCUT2D eigenvalue weighted by molar-refractivity contribution is -0.142. The highest BCUT2D eigenvalue weighted by molar-refractivity contribution is 5.91. The number of methoxy groups -OCH3 is 1. The van der Waals surface area contributed by atoms with Gasteiger partial charge in [-0.1, -0.05) is 18.2 Å². The van der Waals surface area contributed by atoms with E-state index in [1.165, 1.54) is 18.5 Å². The molecule has 230 valence electrons. The Hall–Kier alpha value is -4.04. The molecule has 2 N–H and O–H groups in total. The fourth-order valence-corrected chi connectivity index (χ4v) is 5.44. The molecule has 3 heterocycles. The molecule has 5 rings (SSSR count). The average molecular weight is 606 g/mol. The zero-order valence-corrected chi connectivity index (χ0v) is 23.7. The van der Waals surface area contributed by atoms with Gasteiger partial charge in [-0.3, -0.25) is 14.9 Å². The molecule has 0 bridgehead atoms. The van der Waals surface area contributed by atoms with Gasteiger partial charge in [-0.05, 0) is 43.5 Å². The van der Waals surface area contributed by atoms with E-state index >= 15 is 0 Å². The Morgan fingerprint density at radius 1 is 1.16 bits per heavy atom. The summed E-state index contributed by atoms with van der Waals surface area (Å²) in [5, 5.41) is 14.3. The molecule has 2 amide bonds. The molecule has 1 aromatic carbocycles. The summed E-state index contributed by atoms with van der Waals surface area (Å²) in [6.07, 6.45) is 5.52. The van der Waals surface area contributed by atoms with Crippen LogP contribution in [0.3, 0.4) is 0 Å². The minimum absolute atomic E-state index is 0.317. The number of ether oxygens (including phenoxy) is 1. The van der Waals surface area contributed by atoms with Crippen LogP contribution in [0.4, 0.5) is 32.6 Å². The van der Waals surface area contributed by atoms with Crippen molar-refractivity contribution in [1.29, 1.82) is 0 Å². The topological polar surface area (TPSA) is 89.2 Å². The van der Waals surface area contributed by atoms with Crippen LogP contribution in [0.2, 0.25) is 0 Å².